The van der Waals surface area contributed by atoms with E-state index in [1.54, 1.807) is 24.2 Å². The molecular formula is C9H14BrN3OS. The molecule has 0 fully saturated rings. The molecule has 1 aromatic heterocycles. The van der Waals surface area contributed by atoms with Gasteiger partial charge in [-0.15, -0.1) is 0 Å². The van der Waals surface area contributed by atoms with E-state index in [-0.39, 0.29) is 12.6 Å². The molecule has 0 saturated heterocycles. The van der Waals surface area contributed by atoms with Gasteiger partial charge in [-0.3, -0.25) is 0 Å². The second-order valence-corrected chi connectivity index (χ2v) is 4.86. The Hall–Kier alpha value is -0.330. The van der Waals surface area contributed by atoms with Crippen molar-refractivity contribution in [1.29, 1.82) is 0 Å². The molecule has 15 heavy (non-hydrogen) atoms. The Morgan fingerprint density at radius 2 is 2.20 bits per heavy atom. The molecule has 0 aliphatic heterocycles. The first-order valence-corrected chi connectivity index (χ1v) is 6.79. The maximum Gasteiger partial charge on any atom is 0.222 e. The molecule has 0 bridgehead atoms. The number of hydrogen-bond acceptors (Lipinski definition) is 5. The summed E-state index contributed by atoms with van der Waals surface area (Å²) in [6.07, 6.45) is 6.14. The molecule has 4 nitrogen and oxygen atoms in total. The van der Waals surface area contributed by atoms with Crippen molar-refractivity contribution in [2.45, 2.75) is 12.5 Å². The molecule has 0 aliphatic carbocycles. The van der Waals surface area contributed by atoms with Crippen molar-refractivity contribution < 1.29 is 5.11 Å². The highest BCUT2D eigenvalue weighted by Crippen LogP contribution is 2.10. The van der Waals surface area contributed by atoms with Crippen LogP contribution in [0.2, 0.25) is 0 Å². The Balaban J connectivity index is 2.53. The zero-order chi connectivity index (χ0) is 11.1. The Kier molecular flexibility index (Phi) is 5.97. The summed E-state index contributed by atoms with van der Waals surface area (Å²) in [7, 11) is 0. The quantitative estimate of drug-likeness (QED) is 0.837. The smallest absolute Gasteiger partial charge is 0.222 e. The molecule has 1 atom stereocenters. The van der Waals surface area contributed by atoms with Crippen molar-refractivity contribution in [2.75, 3.05) is 23.9 Å². The molecule has 6 heteroatoms. The number of aromatic nitrogens is 2. The molecule has 0 aliphatic rings. The molecule has 1 rings (SSSR count). The molecule has 0 aromatic carbocycles. The molecule has 0 unspecified atom stereocenters. The topological polar surface area (TPSA) is 58.0 Å². The van der Waals surface area contributed by atoms with Crippen LogP contribution in [0.15, 0.2) is 16.9 Å². The summed E-state index contributed by atoms with van der Waals surface area (Å²) >= 11 is 5.01. The Bertz CT molecular complexity index is 277. The predicted octanol–water partition coefficient (Wildman–Crippen LogP) is 1.76. The van der Waals surface area contributed by atoms with Gasteiger partial charge >= 0.3 is 0 Å². The van der Waals surface area contributed by atoms with Gasteiger partial charge in [0.25, 0.3) is 0 Å². The number of thioether (sulfide) groups is 1. The van der Waals surface area contributed by atoms with Crippen molar-refractivity contribution in [1.82, 2.24) is 9.97 Å². The van der Waals surface area contributed by atoms with Gasteiger partial charge in [-0.2, -0.15) is 11.8 Å². The fraction of sp³-hybridized carbons (Fsp3) is 0.556. The van der Waals surface area contributed by atoms with E-state index in [0.717, 1.165) is 10.2 Å². The third-order valence-corrected chi connectivity index (χ3v) is 2.94. The molecule has 0 radical (unpaired) electrons. The lowest BCUT2D eigenvalue weighted by Crippen LogP contribution is -2.24. The van der Waals surface area contributed by atoms with Gasteiger partial charge in [0.05, 0.1) is 4.47 Å². The molecule has 1 heterocycles. The normalized spacial score (nSPS) is 12.5. The number of nitrogens with zero attached hydrogens (tertiary/aromatic N) is 2. The lowest BCUT2D eigenvalue weighted by atomic mass is 10.2. The Morgan fingerprint density at radius 3 is 2.73 bits per heavy atom. The van der Waals surface area contributed by atoms with Crippen molar-refractivity contribution in [3.05, 3.63) is 16.9 Å². The minimum atomic E-state index is 0.175. The fourth-order valence-corrected chi connectivity index (χ4v) is 1.98. The van der Waals surface area contributed by atoms with Gasteiger partial charge in [-0.05, 0) is 28.6 Å². The zero-order valence-electron chi connectivity index (χ0n) is 8.48. The van der Waals surface area contributed by atoms with E-state index in [4.69, 9.17) is 5.11 Å². The van der Waals surface area contributed by atoms with Gasteiger partial charge in [0.2, 0.25) is 5.95 Å². The molecule has 0 amide bonds. The number of rotatable bonds is 6. The Labute approximate surface area is 102 Å². The highest BCUT2D eigenvalue weighted by atomic mass is 79.9. The molecule has 0 spiro atoms. The SMILES string of the molecule is CSC[C@H](CCO)Nc1ncc(Br)cn1. The number of hydrogen-bond donors (Lipinski definition) is 2. The van der Waals surface area contributed by atoms with Gasteiger partial charge in [-0.25, -0.2) is 9.97 Å². The van der Waals surface area contributed by atoms with E-state index < -0.39 is 0 Å². The number of aliphatic hydroxyl groups is 1. The summed E-state index contributed by atoms with van der Waals surface area (Å²) in [6.45, 7) is 0.175. The first-order valence-electron chi connectivity index (χ1n) is 4.60. The molecular weight excluding hydrogens is 278 g/mol. The maximum absolute atomic E-state index is 8.89. The fourth-order valence-electron chi connectivity index (χ4n) is 1.12. The summed E-state index contributed by atoms with van der Waals surface area (Å²) in [6, 6.07) is 0.214. The highest BCUT2D eigenvalue weighted by molar-refractivity contribution is 9.10. The first-order chi connectivity index (χ1) is 7.26. The molecule has 84 valence electrons. The van der Waals surface area contributed by atoms with Crippen LogP contribution in [0.25, 0.3) is 0 Å². The highest BCUT2D eigenvalue weighted by Gasteiger charge is 2.08. The summed E-state index contributed by atoms with van der Waals surface area (Å²) < 4.78 is 0.858. The number of nitrogens with one attached hydrogen (secondary N) is 1. The van der Waals surface area contributed by atoms with E-state index >= 15 is 0 Å². The summed E-state index contributed by atoms with van der Waals surface area (Å²) in [5, 5.41) is 12.1. The predicted molar refractivity (Wildman–Crippen MR) is 67.2 cm³/mol. The third-order valence-electron chi connectivity index (χ3n) is 1.80. The van der Waals surface area contributed by atoms with Crippen LogP contribution in [0, 0.1) is 0 Å². The largest absolute Gasteiger partial charge is 0.396 e. The van der Waals surface area contributed by atoms with Crippen LogP contribution in [-0.4, -0.2) is 39.7 Å². The van der Waals surface area contributed by atoms with Crippen molar-refractivity contribution >= 4 is 33.6 Å². The van der Waals surface area contributed by atoms with Gasteiger partial charge in [0.1, 0.15) is 0 Å². The zero-order valence-corrected chi connectivity index (χ0v) is 10.9. The van der Waals surface area contributed by atoms with Crippen LogP contribution in [-0.2, 0) is 0 Å². The van der Waals surface area contributed by atoms with Gasteiger partial charge < -0.3 is 10.4 Å². The average molecular weight is 292 g/mol. The summed E-state index contributed by atoms with van der Waals surface area (Å²) in [5.41, 5.74) is 0. The van der Waals surface area contributed by atoms with Crippen LogP contribution in [0.1, 0.15) is 6.42 Å². The lowest BCUT2D eigenvalue weighted by Gasteiger charge is -2.16. The van der Waals surface area contributed by atoms with Crippen LogP contribution in [0.5, 0.6) is 0 Å². The van der Waals surface area contributed by atoms with Gasteiger partial charge in [-0.1, -0.05) is 0 Å². The molecule has 1 aromatic rings. The minimum absolute atomic E-state index is 0.175. The van der Waals surface area contributed by atoms with E-state index in [2.05, 4.69) is 31.2 Å². The molecule has 2 N–H and O–H groups in total. The summed E-state index contributed by atoms with van der Waals surface area (Å²) in [5.74, 6) is 1.53. The Morgan fingerprint density at radius 1 is 1.53 bits per heavy atom. The lowest BCUT2D eigenvalue weighted by molar-refractivity contribution is 0.282. The minimum Gasteiger partial charge on any atom is -0.396 e. The van der Waals surface area contributed by atoms with E-state index in [9.17, 15) is 0 Å². The average Bonchev–Trinajstić information content (AvgIpc) is 2.22. The van der Waals surface area contributed by atoms with E-state index in [0.29, 0.717) is 12.4 Å². The second kappa shape index (κ2) is 7.03. The van der Waals surface area contributed by atoms with Crippen molar-refractivity contribution in [2.24, 2.45) is 0 Å². The standard InChI is InChI=1S/C9H14BrN3OS/c1-15-6-8(2-3-14)13-9-11-4-7(10)5-12-9/h4-5,8,14H,2-3,6H2,1H3,(H,11,12,13)/t8-/m0/s1. The number of anilines is 1. The number of halogens is 1. The second-order valence-electron chi connectivity index (χ2n) is 3.03. The van der Waals surface area contributed by atoms with Gasteiger partial charge in [0.15, 0.2) is 0 Å². The van der Waals surface area contributed by atoms with Crippen LogP contribution < -0.4 is 5.32 Å². The first kappa shape index (κ1) is 12.7. The van der Waals surface area contributed by atoms with Crippen LogP contribution in [0.4, 0.5) is 5.95 Å². The van der Waals surface area contributed by atoms with Gasteiger partial charge in [0, 0.05) is 30.8 Å². The maximum atomic E-state index is 8.89. The van der Waals surface area contributed by atoms with E-state index in [1.807, 2.05) is 6.26 Å². The van der Waals surface area contributed by atoms with E-state index in [1.165, 1.54) is 0 Å². The van der Waals surface area contributed by atoms with Crippen LogP contribution >= 0.6 is 27.7 Å². The third kappa shape index (κ3) is 4.81. The van der Waals surface area contributed by atoms with Crippen molar-refractivity contribution in [3.8, 4) is 0 Å². The summed E-state index contributed by atoms with van der Waals surface area (Å²) in [4.78, 5) is 8.25. The molecule has 0 saturated carbocycles. The monoisotopic (exact) mass is 291 g/mol. The number of aliphatic hydroxyl groups excluding tert-OH is 1. The van der Waals surface area contributed by atoms with Crippen molar-refractivity contribution in [3.63, 3.8) is 0 Å². The van der Waals surface area contributed by atoms with Crippen LogP contribution in [0.3, 0.4) is 0 Å².